The maximum absolute atomic E-state index is 4.98. The maximum atomic E-state index is 4.98. The van der Waals surface area contributed by atoms with Gasteiger partial charge in [0.05, 0.1) is 5.69 Å². The monoisotopic (exact) mass is 302 g/mol. The number of hydrogen-bond donors (Lipinski definition) is 0. The highest BCUT2D eigenvalue weighted by Crippen LogP contribution is 2.41. The molecule has 2 nitrogen and oxygen atoms in total. The van der Waals surface area contributed by atoms with Crippen LogP contribution in [0.2, 0.25) is 0 Å². The molecule has 0 saturated carbocycles. The third-order valence-corrected chi connectivity index (χ3v) is 7.23. The zero-order valence-electron chi connectivity index (χ0n) is 13.5. The fourth-order valence-electron chi connectivity index (χ4n) is 4.15. The fourth-order valence-corrected chi connectivity index (χ4v) is 5.40. The Hall–Kier alpha value is -0.830. The first-order valence-electron chi connectivity index (χ1n) is 8.61. The van der Waals surface area contributed by atoms with Gasteiger partial charge in [0.15, 0.2) is 4.96 Å². The number of aryl methyl sites for hydroxylation is 3. The summed E-state index contributed by atoms with van der Waals surface area (Å²) in [6.07, 6.45) is 10.3. The zero-order chi connectivity index (χ0) is 14.6. The summed E-state index contributed by atoms with van der Waals surface area (Å²) >= 11 is 1.96. The van der Waals surface area contributed by atoms with E-state index >= 15 is 0 Å². The largest absolute Gasteiger partial charge is 0.291 e. The quantitative estimate of drug-likeness (QED) is 0.777. The van der Waals surface area contributed by atoms with Crippen molar-refractivity contribution in [2.24, 2.45) is 11.3 Å². The highest BCUT2D eigenvalue weighted by atomic mass is 32.1. The van der Waals surface area contributed by atoms with Crippen LogP contribution < -0.4 is 0 Å². The smallest absolute Gasteiger partial charge is 0.194 e. The molecule has 2 aromatic heterocycles. The highest BCUT2D eigenvalue weighted by Gasteiger charge is 2.34. The first-order valence-corrected chi connectivity index (χ1v) is 9.42. The molecule has 0 aliphatic heterocycles. The Bertz CT molecular complexity index is 677. The molecule has 3 heteroatoms. The van der Waals surface area contributed by atoms with Crippen molar-refractivity contribution in [2.45, 2.75) is 72.1 Å². The second-order valence-electron chi connectivity index (χ2n) is 7.58. The Kier molecular flexibility index (Phi) is 3.18. The molecule has 0 N–H and O–H groups in total. The normalized spacial score (nSPS) is 22.3. The van der Waals surface area contributed by atoms with Crippen molar-refractivity contribution in [3.05, 3.63) is 22.0 Å². The third kappa shape index (κ3) is 2.08. The average molecular weight is 302 g/mol. The van der Waals surface area contributed by atoms with Gasteiger partial charge in [-0.3, -0.25) is 4.40 Å². The van der Waals surface area contributed by atoms with Gasteiger partial charge in [0.25, 0.3) is 0 Å². The van der Waals surface area contributed by atoms with E-state index in [2.05, 4.69) is 25.2 Å². The molecule has 0 bridgehead atoms. The standard InChI is InChI=1S/C18H26N2S/c1-4-18(2,3)12-9-10-13-15(11-12)20-14-7-5-6-8-16(14)21-17(20)19-13/h12H,4-11H2,1-3H3. The number of thiazole rings is 1. The SMILES string of the molecule is CCC(C)(C)C1CCc2nc3sc4c(n3c2C1)CCCC4. The van der Waals surface area contributed by atoms with E-state index in [-0.39, 0.29) is 0 Å². The van der Waals surface area contributed by atoms with Crippen LogP contribution in [0.1, 0.15) is 68.4 Å². The summed E-state index contributed by atoms with van der Waals surface area (Å²) < 4.78 is 2.56. The minimum absolute atomic E-state index is 0.456. The summed E-state index contributed by atoms with van der Waals surface area (Å²) in [7, 11) is 0. The van der Waals surface area contributed by atoms with Crippen LogP contribution in [0.3, 0.4) is 0 Å². The summed E-state index contributed by atoms with van der Waals surface area (Å²) in [6, 6.07) is 0. The minimum Gasteiger partial charge on any atom is -0.291 e. The van der Waals surface area contributed by atoms with Gasteiger partial charge in [0.2, 0.25) is 0 Å². The van der Waals surface area contributed by atoms with Crippen molar-refractivity contribution in [1.82, 2.24) is 9.38 Å². The molecule has 114 valence electrons. The lowest BCUT2D eigenvalue weighted by atomic mass is 9.70. The number of nitrogens with zero attached hydrogens (tertiary/aromatic N) is 2. The zero-order valence-corrected chi connectivity index (χ0v) is 14.4. The van der Waals surface area contributed by atoms with Gasteiger partial charge >= 0.3 is 0 Å². The summed E-state index contributed by atoms with van der Waals surface area (Å²) in [5.74, 6) is 0.814. The minimum atomic E-state index is 0.456. The molecule has 1 atom stereocenters. The Labute approximate surface area is 131 Å². The van der Waals surface area contributed by atoms with Crippen LogP contribution in [-0.2, 0) is 25.7 Å². The van der Waals surface area contributed by atoms with Gasteiger partial charge in [-0.25, -0.2) is 4.98 Å². The Balaban J connectivity index is 1.79. The van der Waals surface area contributed by atoms with E-state index in [1.54, 1.807) is 16.3 Å². The number of fused-ring (bicyclic) bond motifs is 5. The predicted octanol–water partition coefficient (Wildman–Crippen LogP) is 4.82. The molecule has 2 heterocycles. The van der Waals surface area contributed by atoms with Crippen LogP contribution in [0.4, 0.5) is 0 Å². The molecule has 0 fully saturated rings. The van der Waals surface area contributed by atoms with E-state index in [9.17, 15) is 0 Å². The molecule has 0 aromatic carbocycles. The van der Waals surface area contributed by atoms with E-state index in [1.807, 2.05) is 11.3 Å². The molecule has 0 spiro atoms. The van der Waals surface area contributed by atoms with E-state index in [4.69, 9.17) is 4.98 Å². The lowest BCUT2D eigenvalue weighted by Gasteiger charge is -2.36. The van der Waals surface area contributed by atoms with Gasteiger partial charge in [0.1, 0.15) is 0 Å². The van der Waals surface area contributed by atoms with Crippen LogP contribution in [0, 0.1) is 11.3 Å². The highest BCUT2D eigenvalue weighted by molar-refractivity contribution is 7.17. The van der Waals surface area contributed by atoms with Crippen molar-refractivity contribution >= 4 is 16.3 Å². The first kappa shape index (κ1) is 13.8. The van der Waals surface area contributed by atoms with Crippen molar-refractivity contribution < 1.29 is 0 Å². The molecule has 0 saturated heterocycles. The molecular weight excluding hydrogens is 276 g/mol. The molecule has 1 unspecified atom stereocenters. The van der Waals surface area contributed by atoms with E-state index < -0.39 is 0 Å². The summed E-state index contributed by atoms with van der Waals surface area (Å²) in [6.45, 7) is 7.24. The first-order chi connectivity index (χ1) is 10.1. The lowest BCUT2D eigenvalue weighted by Crippen LogP contribution is -2.29. The van der Waals surface area contributed by atoms with E-state index in [0.717, 1.165) is 5.92 Å². The average Bonchev–Trinajstić information content (AvgIpc) is 3.01. The van der Waals surface area contributed by atoms with Crippen LogP contribution in [0.25, 0.3) is 4.96 Å². The summed E-state index contributed by atoms with van der Waals surface area (Å²) in [4.78, 5) is 7.88. The molecule has 0 radical (unpaired) electrons. The molecule has 2 aromatic rings. The Morgan fingerprint density at radius 1 is 1.19 bits per heavy atom. The van der Waals surface area contributed by atoms with E-state index in [1.165, 1.54) is 62.0 Å². The van der Waals surface area contributed by atoms with Crippen molar-refractivity contribution in [1.29, 1.82) is 0 Å². The molecule has 2 aliphatic carbocycles. The van der Waals surface area contributed by atoms with Gasteiger partial charge in [0, 0.05) is 16.3 Å². The third-order valence-electron chi connectivity index (χ3n) is 6.08. The van der Waals surface area contributed by atoms with E-state index in [0.29, 0.717) is 5.41 Å². The lowest BCUT2D eigenvalue weighted by molar-refractivity contribution is 0.180. The van der Waals surface area contributed by atoms with Gasteiger partial charge < -0.3 is 0 Å². The molecule has 21 heavy (non-hydrogen) atoms. The maximum Gasteiger partial charge on any atom is 0.194 e. The summed E-state index contributed by atoms with van der Waals surface area (Å²) in [5, 5.41) is 0. The molecular formula is C18H26N2S. The second-order valence-corrected chi connectivity index (χ2v) is 8.65. The number of hydrogen-bond acceptors (Lipinski definition) is 2. The van der Waals surface area contributed by atoms with Gasteiger partial charge in [-0.05, 0) is 56.3 Å². The second kappa shape index (κ2) is 4.84. The number of rotatable bonds is 2. The predicted molar refractivity (Wildman–Crippen MR) is 89.3 cm³/mol. The molecule has 4 rings (SSSR count). The van der Waals surface area contributed by atoms with Crippen LogP contribution in [-0.4, -0.2) is 9.38 Å². The van der Waals surface area contributed by atoms with Crippen molar-refractivity contribution in [3.8, 4) is 0 Å². The molecule has 0 amide bonds. The summed E-state index contributed by atoms with van der Waals surface area (Å²) in [5.41, 5.74) is 5.02. The molecule has 2 aliphatic rings. The van der Waals surface area contributed by atoms with Crippen LogP contribution >= 0.6 is 11.3 Å². The van der Waals surface area contributed by atoms with Crippen LogP contribution in [0.5, 0.6) is 0 Å². The fraction of sp³-hybridized carbons (Fsp3) is 0.722. The van der Waals surface area contributed by atoms with Gasteiger partial charge in [-0.2, -0.15) is 0 Å². The Morgan fingerprint density at radius 3 is 2.81 bits per heavy atom. The van der Waals surface area contributed by atoms with Gasteiger partial charge in [-0.15, -0.1) is 11.3 Å². The number of aromatic nitrogens is 2. The van der Waals surface area contributed by atoms with Crippen molar-refractivity contribution in [2.75, 3.05) is 0 Å². The number of imidazole rings is 1. The topological polar surface area (TPSA) is 17.3 Å². The van der Waals surface area contributed by atoms with Gasteiger partial charge in [-0.1, -0.05) is 27.2 Å². The van der Waals surface area contributed by atoms with Crippen molar-refractivity contribution in [3.63, 3.8) is 0 Å². The Morgan fingerprint density at radius 2 is 2.00 bits per heavy atom. The van der Waals surface area contributed by atoms with Crippen LogP contribution in [0.15, 0.2) is 0 Å².